The van der Waals surface area contributed by atoms with Crippen LogP contribution in [0.1, 0.15) is 16.7 Å². The molecule has 6 heteroatoms. The van der Waals surface area contributed by atoms with Crippen LogP contribution >= 0.6 is 11.8 Å². The average molecular weight is 407 g/mol. The number of esters is 1. The van der Waals surface area contributed by atoms with E-state index in [0.717, 1.165) is 16.7 Å². The Kier molecular flexibility index (Phi) is 6.57. The zero-order chi connectivity index (χ0) is 20.7. The minimum atomic E-state index is -1.30. The third-order valence-corrected chi connectivity index (χ3v) is 6.11. The predicted octanol–water partition coefficient (Wildman–Crippen LogP) is 4.48. The first-order valence-electron chi connectivity index (χ1n) is 8.99. The van der Waals surface area contributed by atoms with Gasteiger partial charge in [0, 0.05) is 0 Å². The van der Waals surface area contributed by atoms with Crippen LogP contribution in [0.2, 0.25) is 0 Å². The second-order valence-corrected chi connectivity index (χ2v) is 7.57. The van der Waals surface area contributed by atoms with Gasteiger partial charge in [-0.3, -0.25) is 5.32 Å². The molecule has 1 unspecified atom stereocenters. The summed E-state index contributed by atoms with van der Waals surface area (Å²) in [6.07, 6.45) is -1.30. The van der Waals surface area contributed by atoms with Gasteiger partial charge in [-0.1, -0.05) is 91.0 Å². The van der Waals surface area contributed by atoms with E-state index < -0.39 is 22.2 Å². The minimum absolute atomic E-state index is 0.662. The molecule has 1 atom stereocenters. The van der Waals surface area contributed by atoms with Crippen molar-refractivity contribution in [3.05, 3.63) is 108 Å². The number of amides is 1. The van der Waals surface area contributed by atoms with E-state index in [0.29, 0.717) is 0 Å². The minimum Gasteiger partial charge on any atom is -0.467 e. The molecule has 148 valence electrons. The number of hydrogen-bond donors (Lipinski definition) is 2. The summed E-state index contributed by atoms with van der Waals surface area (Å²) in [6.45, 7) is 0. The van der Waals surface area contributed by atoms with Gasteiger partial charge in [0.1, 0.15) is 0 Å². The monoisotopic (exact) mass is 407 g/mol. The summed E-state index contributed by atoms with van der Waals surface area (Å²) < 4.78 is 4.04. The van der Waals surface area contributed by atoms with Crippen LogP contribution in [0.25, 0.3) is 0 Å². The Labute approximate surface area is 173 Å². The van der Waals surface area contributed by atoms with Crippen molar-refractivity contribution in [1.82, 2.24) is 5.32 Å². The van der Waals surface area contributed by atoms with Gasteiger partial charge in [0.05, 0.1) is 11.9 Å². The Morgan fingerprint density at radius 1 is 0.828 bits per heavy atom. The molecule has 0 radical (unpaired) electrons. The zero-order valence-corrected chi connectivity index (χ0v) is 16.6. The molecule has 0 saturated heterocycles. The van der Waals surface area contributed by atoms with E-state index in [2.05, 4.69) is 5.32 Å². The van der Waals surface area contributed by atoms with Crippen LogP contribution in [-0.4, -0.2) is 29.7 Å². The normalized spacial score (nSPS) is 12.0. The van der Waals surface area contributed by atoms with Gasteiger partial charge in [-0.15, -0.1) is 11.8 Å². The maximum absolute atomic E-state index is 12.5. The lowest BCUT2D eigenvalue weighted by Gasteiger charge is -2.37. The van der Waals surface area contributed by atoms with E-state index in [-0.39, 0.29) is 0 Å². The van der Waals surface area contributed by atoms with E-state index in [1.807, 2.05) is 91.0 Å². The second-order valence-electron chi connectivity index (χ2n) is 6.25. The standard InChI is InChI=1S/C23H21NO4S/c1-28-21(25)20(24-22(26)27)29-23(17-11-5-2-6-12-17,18-13-7-3-8-14-18)19-15-9-4-10-16-19/h2-16,20,24H,1H3,(H,26,27). The summed E-state index contributed by atoms with van der Waals surface area (Å²) in [5, 5.41) is 10.5. The molecule has 2 N–H and O–H groups in total. The second kappa shape index (κ2) is 9.30. The first-order chi connectivity index (χ1) is 14.1. The number of carbonyl (C=O) groups excluding carboxylic acids is 1. The van der Waals surface area contributed by atoms with Crippen LogP contribution in [0.5, 0.6) is 0 Å². The molecule has 3 aromatic rings. The summed E-state index contributed by atoms with van der Waals surface area (Å²) in [4.78, 5) is 23.8. The largest absolute Gasteiger partial charge is 0.467 e. The molecule has 0 aliphatic rings. The van der Waals surface area contributed by atoms with Gasteiger partial charge in [0.2, 0.25) is 0 Å². The lowest BCUT2D eigenvalue weighted by atomic mass is 9.84. The molecule has 0 aliphatic heterocycles. The lowest BCUT2D eigenvalue weighted by molar-refractivity contribution is -0.140. The highest BCUT2D eigenvalue weighted by Gasteiger charge is 2.42. The quantitative estimate of drug-likeness (QED) is 0.343. The summed E-state index contributed by atoms with van der Waals surface area (Å²) >= 11 is 1.19. The molecule has 0 heterocycles. The molecule has 3 rings (SSSR count). The van der Waals surface area contributed by atoms with Gasteiger partial charge in [-0.05, 0) is 16.7 Å². The maximum Gasteiger partial charge on any atom is 0.406 e. The van der Waals surface area contributed by atoms with Gasteiger partial charge >= 0.3 is 12.1 Å². The van der Waals surface area contributed by atoms with Gasteiger partial charge < -0.3 is 9.84 Å². The predicted molar refractivity (Wildman–Crippen MR) is 114 cm³/mol. The van der Waals surface area contributed by atoms with Crippen molar-refractivity contribution in [3.8, 4) is 0 Å². The zero-order valence-electron chi connectivity index (χ0n) is 15.8. The number of nitrogens with one attached hydrogen (secondary N) is 1. The SMILES string of the molecule is COC(=O)C(NC(=O)O)SC(c1ccccc1)(c1ccccc1)c1ccccc1. The highest BCUT2D eigenvalue weighted by atomic mass is 32.2. The molecule has 1 amide bonds. The number of thioether (sulfide) groups is 1. The number of carboxylic acid groups (broad SMARTS) is 1. The number of rotatable bonds is 7. The molecule has 0 fully saturated rings. The van der Waals surface area contributed by atoms with Crippen molar-refractivity contribution in [3.63, 3.8) is 0 Å². The van der Waals surface area contributed by atoms with Crippen molar-refractivity contribution in [1.29, 1.82) is 0 Å². The molecule has 0 aliphatic carbocycles. The van der Waals surface area contributed by atoms with Crippen molar-refractivity contribution in [2.24, 2.45) is 0 Å². The highest BCUT2D eigenvalue weighted by molar-refractivity contribution is 8.01. The first-order valence-corrected chi connectivity index (χ1v) is 9.87. The molecular formula is C23H21NO4S. The van der Waals surface area contributed by atoms with Crippen molar-refractivity contribution in [2.45, 2.75) is 10.1 Å². The van der Waals surface area contributed by atoms with Crippen LogP contribution in [-0.2, 0) is 14.3 Å². The summed E-state index contributed by atoms with van der Waals surface area (Å²) in [5.41, 5.74) is 2.76. The van der Waals surface area contributed by atoms with Crippen LogP contribution in [0, 0.1) is 0 Å². The Morgan fingerprint density at radius 2 is 1.21 bits per heavy atom. The van der Waals surface area contributed by atoms with Gasteiger partial charge in [0.25, 0.3) is 0 Å². The third kappa shape index (κ3) is 4.43. The van der Waals surface area contributed by atoms with Crippen molar-refractivity contribution >= 4 is 23.8 Å². The molecule has 3 aromatic carbocycles. The maximum atomic E-state index is 12.5. The first kappa shape index (κ1) is 20.5. The summed E-state index contributed by atoms with van der Waals surface area (Å²) in [7, 11) is 1.24. The Hall–Kier alpha value is -3.25. The van der Waals surface area contributed by atoms with E-state index in [9.17, 15) is 14.7 Å². The fourth-order valence-electron chi connectivity index (χ4n) is 3.26. The Balaban J connectivity index is 2.27. The van der Waals surface area contributed by atoms with Crippen LogP contribution in [0.3, 0.4) is 0 Å². The number of carbonyl (C=O) groups is 2. The third-order valence-electron chi connectivity index (χ3n) is 4.51. The molecule has 29 heavy (non-hydrogen) atoms. The number of methoxy groups -OCH3 is 1. The van der Waals surface area contributed by atoms with Crippen LogP contribution in [0.4, 0.5) is 4.79 Å². The molecule has 0 saturated carbocycles. The fourth-order valence-corrected chi connectivity index (χ4v) is 4.78. The summed E-state index contributed by atoms with van der Waals surface area (Å²) in [5.74, 6) is -0.662. The number of hydrogen-bond acceptors (Lipinski definition) is 4. The molecule has 0 bridgehead atoms. The lowest BCUT2D eigenvalue weighted by Crippen LogP contribution is -2.42. The van der Waals surface area contributed by atoms with E-state index in [1.165, 1.54) is 18.9 Å². The van der Waals surface area contributed by atoms with Crippen molar-refractivity contribution < 1.29 is 19.4 Å². The van der Waals surface area contributed by atoms with Gasteiger partial charge in [-0.25, -0.2) is 9.59 Å². The number of benzene rings is 3. The molecule has 0 spiro atoms. The number of ether oxygens (including phenoxy) is 1. The fraction of sp³-hybridized carbons (Fsp3) is 0.130. The van der Waals surface area contributed by atoms with Crippen molar-refractivity contribution in [2.75, 3.05) is 7.11 Å². The van der Waals surface area contributed by atoms with E-state index in [1.54, 1.807) is 0 Å². The van der Waals surface area contributed by atoms with Crippen LogP contribution < -0.4 is 5.32 Å². The summed E-state index contributed by atoms with van der Waals surface area (Å²) in [6, 6.07) is 29.2. The average Bonchev–Trinajstić information content (AvgIpc) is 2.77. The van der Waals surface area contributed by atoms with Crippen LogP contribution in [0.15, 0.2) is 91.0 Å². The van der Waals surface area contributed by atoms with E-state index >= 15 is 0 Å². The molecule has 5 nitrogen and oxygen atoms in total. The molecule has 0 aromatic heterocycles. The van der Waals surface area contributed by atoms with Gasteiger partial charge in [0.15, 0.2) is 5.37 Å². The molecular weight excluding hydrogens is 386 g/mol. The van der Waals surface area contributed by atoms with Gasteiger partial charge in [-0.2, -0.15) is 0 Å². The smallest absolute Gasteiger partial charge is 0.406 e. The Bertz CT molecular complexity index is 852. The highest BCUT2D eigenvalue weighted by Crippen LogP contribution is 2.49. The topological polar surface area (TPSA) is 75.6 Å². The van der Waals surface area contributed by atoms with E-state index in [4.69, 9.17) is 4.74 Å². The Morgan fingerprint density at radius 3 is 1.52 bits per heavy atom.